The fourth-order valence-electron chi connectivity index (χ4n) is 1.12. The van der Waals surface area contributed by atoms with Crippen molar-refractivity contribution in [2.24, 2.45) is 0 Å². The van der Waals surface area contributed by atoms with Gasteiger partial charge in [-0.3, -0.25) is 4.79 Å². The maximum Gasteiger partial charge on any atom is 0.211 e. The molecule has 1 amide bonds. The van der Waals surface area contributed by atoms with E-state index in [4.69, 9.17) is 0 Å². The van der Waals surface area contributed by atoms with Crippen LogP contribution in [0.25, 0.3) is 6.08 Å². The van der Waals surface area contributed by atoms with E-state index in [1.807, 2.05) is 19.9 Å². The van der Waals surface area contributed by atoms with Crippen molar-refractivity contribution in [3.63, 3.8) is 0 Å². The van der Waals surface area contributed by atoms with E-state index < -0.39 is 0 Å². The summed E-state index contributed by atoms with van der Waals surface area (Å²) in [6, 6.07) is 6.22. The predicted molar refractivity (Wildman–Crippen MR) is 54.1 cm³/mol. The highest BCUT2D eigenvalue weighted by atomic mass is 16.1. The molecular weight excluding hydrogens is 162 g/mol. The summed E-state index contributed by atoms with van der Waals surface area (Å²) in [6.45, 7) is 4.09. The van der Waals surface area contributed by atoms with Crippen molar-refractivity contribution in [2.75, 3.05) is 0 Å². The molecular formula is C11H13NO. The molecule has 0 radical (unpaired) electrons. The molecule has 0 aliphatic heterocycles. The highest BCUT2D eigenvalue weighted by Gasteiger charge is 1.92. The van der Waals surface area contributed by atoms with Gasteiger partial charge in [0, 0.05) is 6.20 Å². The van der Waals surface area contributed by atoms with Gasteiger partial charge in [-0.25, -0.2) is 0 Å². The molecule has 1 aromatic carbocycles. The van der Waals surface area contributed by atoms with Crippen LogP contribution in [0.5, 0.6) is 0 Å². The van der Waals surface area contributed by atoms with Crippen LogP contribution >= 0.6 is 0 Å². The van der Waals surface area contributed by atoms with Crippen molar-refractivity contribution in [3.8, 4) is 0 Å². The fourth-order valence-corrected chi connectivity index (χ4v) is 1.12. The Hall–Kier alpha value is -1.57. The number of hydrogen-bond donors (Lipinski definition) is 1. The maximum absolute atomic E-state index is 9.98. The van der Waals surface area contributed by atoms with Crippen LogP contribution in [0.3, 0.4) is 0 Å². The summed E-state index contributed by atoms with van der Waals surface area (Å²) < 4.78 is 0. The number of nitrogens with one attached hydrogen (secondary N) is 1. The number of hydrogen-bond acceptors (Lipinski definition) is 1. The number of carbonyl (C=O) groups excluding carboxylic acids is 1. The Kier molecular flexibility index (Phi) is 3.26. The van der Waals surface area contributed by atoms with Gasteiger partial charge in [-0.05, 0) is 31.1 Å². The number of benzene rings is 1. The third-order valence-electron chi connectivity index (χ3n) is 1.86. The Labute approximate surface area is 78.3 Å². The van der Waals surface area contributed by atoms with Gasteiger partial charge in [-0.2, -0.15) is 0 Å². The Morgan fingerprint density at radius 2 is 2.08 bits per heavy atom. The molecule has 2 heteroatoms. The molecule has 13 heavy (non-hydrogen) atoms. The molecule has 0 saturated heterocycles. The quantitative estimate of drug-likeness (QED) is 0.699. The van der Waals surface area contributed by atoms with Crippen LogP contribution in [0, 0.1) is 13.8 Å². The minimum atomic E-state index is 0.654. The second-order valence-electron chi connectivity index (χ2n) is 2.98. The van der Waals surface area contributed by atoms with Crippen molar-refractivity contribution in [3.05, 3.63) is 41.1 Å². The zero-order valence-corrected chi connectivity index (χ0v) is 7.87. The van der Waals surface area contributed by atoms with E-state index in [2.05, 4.69) is 23.5 Å². The smallest absolute Gasteiger partial charge is 0.211 e. The fraction of sp³-hybridized carbons (Fsp3) is 0.182. The first-order valence-corrected chi connectivity index (χ1v) is 4.17. The summed E-state index contributed by atoms with van der Waals surface area (Å²) in [4.78, 5) is 9.98. The van der Waals surface area contributed by atoms with Crippen molar-refractivity contribution in [2.45, 2.75) is 13.8 Å². The van der Waals surface area contributed by atoms with Gasteiger partial charge < -0.3 is 5.32 Å². The topological polar surface area (TPSA) is 29.1 Å². The molecule has 0 aliphatic rings. The third kappa shape index (κ3) is 2.75. The minimum Gasteiger partial charge on any atom is -0.335 e. The number of aryl methyl sites for hydroxylation is 2. The molecule has 0 fully saturated rings. The molecule has 2 nitrogen and oxygen atoms in total. The molecule has 0 saturated carbocycles. The normalized spacial score (nSPS) is 10.3. The lowest BCUT2D eigenvalue weighted by Gasteiger charge is -2.00. The molecule has 0 spiro atoms. The third-order valence-corrected chi connectivity index (χ3v) is 1.86. The molecule has 1 rings (SSSR count). The summed E-state index contributed by atoms with van der Waals surface area (Å²) in [5.74, 6) is 0. The Morgan fingerprint density at radius 1 is 1.31 bits per heavy atom. The van der Waals surface area contributed by atoms with Gasteiger partial charge in [0.15, 0.2) is 0 Å². The number of carbonyl (C=O) groups is 1. The van der Waals surface area contributed by atoms with Crippen LogP contribution in [0.15, 0.2) is 24.4 Å². The molecule has 68 valence electrons. The average molecular weight is 175 g/mol. The molecule has 0 aliphatic carbocycles. The number of rotatable bonds is 3. The van der Waals surface area contributed by atoms with E-state index in [9.17, 15) is 4.79 Å². The largest absolute Gasteiger partial charge is 0.335 e. The lowest BCUT2D eigenvalue weighted by atomic mass is 10.1. The van der Waals surface area contributed by atoms with Gasteiger partial charge >= 0.3 is 0 Å². The van der Waals surface area contributed by atoms with E-state index in [0.717, 1.165) is 5.56 Å². The summed E-state index contributed by atoms with van der Waals surface area (Å²) in [5, 5.41) is 2.48. The van der Waals surface area contributed by atoms with Crippen molar-refractivity contribution in [1.29, 1.82) is 0 Å². The highest BCUT2D eigenvalue weighted by molar-refractivity contribution is 5.57. The Bertz CT molecular complexity index is 329. The van der Waals surface area contributed by atoms with Gasteiger partial charge in [-0.15, -0.1) is 0 Å². The van der Waals surface area contributed by atoms with Crippen molar-refractivity contribution < 1.29 is 4.79 Å². The van der Waals surface area contributed by atoms with E-state index >= 15 is 0 Å². The van der Waals surface area contributed by atoms with Crippen LogP contribution < -0.4 is 5.32 Å². The SMILES string of the molecule is Cc1ccc(C)c(/C=C\NC=O)c1. The van der Waals surface area contributed by atoms with E-state index in [-0.39, 0.29) is 0 Å². The first-order chi connectivity index (χ1) is 6.24. The van der Waals surface area contributed by atoms with Crippen molar-refractivity contribution >= 4 is 12.5 Å². The molecule has 1 aromatic rings. The molecule has 0 aromatic heterocycles. The first kappa shape index (κ1) is 9.52. The second-order valence-corrected chi connectivity index (χ2v) is 2.98. The molecule has 1 N–H and O–H groups in total. The minimum absolute atomic E-state index is 0.654. The van der Waals surface area contributed by atoms with E-state index in [0.29, 0.717) is 6.41 Å². The molecule has 0 atom stereocenters. The van der Waals surface area contributed by atoms with Gasteiger partial charge in [0.05, 0.1) is 0 Å². The standard InChI is InChI=1S/C11H13NO/c1-9-3-4-10(2)11(7-9)5-6-12-8-13/h3-8H,1-2H3,(H,12,13)/b6-5-. The lowest BCUT2D eigenvalue weighted by Crippen LogP contribution is -1.98. The maximum atomic E-state index is 9.98. The van der Waals surface area contributed by atoms with Gasteiger partial charge in [0.2, 0.25) is 6.41 Å². The number of amides is 1. The summed E-state index contributed by atoms with van der Waals surface area (Å²) in [5.41, 5.74) is 3.56. The summed E-state index contributed by atoms with van der Waals surface area (Å²) in [6.07, 6.45) is 4.17. The van der Waals surface area contributed by atoms with Crippen LogP contribution in [-0.2, 0) is 4.79 Å². The average Bonchev–Trinajstić information content (AvgIpc) is 2.11. The van der Waals surface area contributed by atoms with Gasteiger partial charge in [0.1, 0.15) is 0 Å². The summed E-state index contributed by atoms with van der Waals surface area (Å²) >= 11 is 0. The Balaban J connectivity index is 2.86. The van der Waals surface area contributed by atoms with Gasteiger partial charge in [0.25, 0.3) is 0 Å². The van der Waals surface area contributed by atoms with Gasteiger partial charge in [-0.1, -0.05) is 23.8 Å². The van der Waals surface area contributed by atoms with Crippen LogP contribution in [0.2, 0.25) is 0 Å². The summed E-state index contributed by atoms with van der Waals surface area (Å²) in [7, 11) is 0. The van der Waals surface area contributed by atoms with Crippen molar-refractivity contribution in [1.82, 2.24) is 5.32 Å². The van der Waals surface area contributed by atoms with Crippen LogP contribution in [-0.4, -0.2) is 6.41 Å². The highest BCUT2D eigenvalue weighted by Crippen LogP contribution is 2.11. The zero-order chi connectivity index (χ0) is 9.68. The monoisotopic (exact) mass is 175 g/mol. The second kappa shape index (κ2) is 4.45. The molecule has 0 bridgehead atoms. The van der Waals surface area contributed by atoms with Crippen LogP contribution in [0.4, 0.5) is 0 Å². The first-order valence-electron chi connectivity index (χ1n) is 4.17. The Morgan fingerprint density at radius 3 is 2.77 bits per heavy atom. The van der Waals surface area contributed by atoms with Crippen LogP contribution in [0.1, 0.15) is 16.7 Å². The molecule has 0 heterocycles. The zero-order valence-electron chi connectivity index (χ0n) is 7.87. The van der Waals surface area contributed by atoms with E-state index in [1.165, 1.54) is 11.1 Å². The predicted octanol–water partition coefficient (Wildman–Crippen LogP) is 2.02. The van der Waals surface area contributed by atoms with E-state index in [1.54, 1.807) is 6.20 Å². The lowest BCUT2D eigenvalue weighted by molar-refractivity contribution is -0.108. The molecule has 0 unspecified atom stereocenters.